The second-order valence-corrected chi connectivity index (χ2v) is 4.96. The Morgan fingerprint density at radius 1 is 1.37 bits per heavy atom. The van der Waals surface area contributed by atoms with E-state index in [0.717, 1.165) is 0 Å². The van der Waals surface area contributed by atoms with Crippen molar-refractivity contribution in [3.63, 3.8) is 0 Å². The highest BCUT2D eigenvalue weighted by atomic mass is 35.5. The number of rotatable bonds is 5. The number of nitrogens with zero attached hydrogens (tertiary/aromatic N) is 1. The Morgan fingerprint density at radius 3 is 2.53 bits per heavy atom. The van der Waals surface area contributed by atoms with E-state index in [1.54, 1.807) is 32.3 Å². The Kier molecular flexibility index (Phi) is 5.60. The van der Waals surface area contributed by atoms with Crippen LogP contribution in [0.4, 0.5) is 5.69 Å². The van der Waals surface area contributed by atoms with E-state index >= 15 is 0 Å². The Bertz CT molecular complexity index is 492. The van der Waals surface area contributed by atoms with Gasteiger partial charge in [-0.3, -0.25) is 14.5 Å². The van der Waals surface area contributed by atoms with Gasteiger partial charge in [-0.25, -0.2) is 0 Å². The summed E-state index contributed by atoms with van der Waals surface area (Å²) < 4.78 is 0. The summed E-state index contributed by atoms with van der Waals surface area (Å²) in [6.07, 6.45) is -0.175. The van der Waals surface area contributed by atoms with Gasteiger partial charge in [-0.2, -0.15) is 0 Å². The maximum Gasteiger partial charge on any atom is 0.321 e. The molecule has 1 unspecified atom stereocenters. The zero-order valence-electron chi connectivity index (χ0n) is 10.5. The van der Waals surface area contributed by atoms with Crippen LogP contribution >= 0.6 is 23.2 Å². The van der Waals surface area contributed by atoms with Crippen LogP contribution in [-0.4, -0.2) is 42.0 Å². The van der Waals surface area contributed by atoms with Gasteiger partial charge in [-0.05, 0) is 26.2 Å². The van der Waals surface area contributed by atoms with Crippen LogP contribution in [0.1, 0.15) is 6.42 Å². The molecule has 1 amide bonds. The summed E-state index contributed by atoms with van der Waals surface area (Å²) in [5.41, 5.74) is 0.363. The van der Waals surface area contributed by atoms with E-state index in [1.807, 2.05) is 0 Å². The number of hydrogen-bond donors (Lipinski definition) is 2. The third-order valence-corrected chi connectivity index (χ3v) is 3.33. The van der Waals surface area contributed by atoms with Gasteiger partial charge in [0.1, 0.15) is 6.04 Å². The molecule has 0 aliphatic rings. The number of nitrogens with one attached hydrogen (secondary N) is 1. The minimum atomic E-state index is -1.06. The zero-order valence-corrected chi connectivity index (χ0v) is 12.0. The first-order valence-electron chi connectivity index (χ1n) is 5.46. The van der Waals surface area contributed by atoms with Gasteiger partial charge in [0.15, 0.2) is 0 Å². The van der Waals surface area contributed by atoms with Crippen LogP contribution in [0.5, 0.6) is 0 Å². The molecule has 0 saturated carbocycles. The fraction of sp³-hybridized carbons (Fsp3) is 0.333. The Labute approximate surface area is 121 Å². The molecule has 0 aromatic heterocycles. The topological polar surface area (TPSA) is 69.6 Å². The van der Waals surface area contributed by atoms with E-state index in [1.165, 1.54) is 4.90 Å². The lowest BCUT2D eigenvalue weighted by Gasteiger charge is -2.19. The maximum absolute atomic E-state index is 11.8. The van der Waals surface area contributed by atoms with E-state index in [9.17, 15) is 9.59 Å². The van der Waals surface area contributed by atoms with Crippen molar-refractivity contribution in [3.05, 3.63) is 28.2 Å². The molecule has 0 bridgehead atoms. The van der Waals surface area contributed by atoms with E-state index < -0.39 is 17.9 Å². The molecule has 0 spiro atoms. The van der Waals surface area contributed by atoms with Crippen LogP contribution in [0.3, 0.4) is 0 Å². The molecule has 0 fully saturated rings. The van der Waals surface area contributed by atoms with Gasteiger partial charge in [-0.15, -0.1) is 0 Å². The van der Waals surface area contributed by atoms with E-state index in [2.05, 4.69) is 5.32 Å². The number of benzene rings is 1. The second kappa shape index (κ2) is 6.75. The van der Waals surface area contributed by atoms with E-state index in [4.69, 9.17) is 28.3 Å². The number of carboxylic acids is 1. The molecule has 0 aliphatic heterocycles. The lowest BCUT2D eigenvalue weighted by atomic mass is 10.2. The molecule has 5 nitrogen and oxygen atoms in total. The number of aliphatic carboxylic acids is 1. The Morgan fingerprint density at radius 2 is 2.00 bits per heavy atom. The minimum Gasteiger partial charge on any atom is -0.480 e. The number of amides is 1. The Hall–Kier alpha value is -1.30. The number of carbonyl (C=O) groups excluding carboxylic acids is 1. The Balaban J connectivity index is 2.75. The quantitative estimate of drug-likeness (QED) is 0.876. The third-order valence-electron chi connectivity index (χ3n) is 2.51. The second-order valence-electron chi connectivity index (χ2n) is 4.17. The largest absolute Gasteiger partial charge is 0.480 e. The molecule has 0 aliphatic carbocycles. The summed E-state index contributed by atoms with van der Waals surface area (Å²) in [4.78, 5) is 24.2. The smallest absolute Gasteiger partial charge is 0.321 e. The maximum atomic E-state index is 11.8. The first-order chi connectivity index (χ1) is 8.82. The van der Waals surface area contributed by atoms with Gasteiger partial charge in [0.05, 0.1) is 22.2 Å². The predicted octanol–water partition coefficient (Wildman–Crippen LogP) is 2.34. The highest BCUT2D eigenvalue weighted by molar-refractivity contribution is 6.43. The van der Waals surface area contributed by atoms with Crippen molar-refractivity contribution in [3.8, 4) is 0 Å². The molecule has 2 N–H and O–H groups in total. The van der Waals surface area contributed by atoms with Crippen molar-refractivity contribution in [2.45, 2.75) is 12.5 Å². The van der Waals surface area contributed by atoms with Crippen molar-refractivity contribution >= 4 is 40.8 Å². The summed E-state index contributed by atoms with van der Waals surface area (Å²) in [5, 5.41) is 12.1. The third kappa shape index (κ3) is 4.38. The fourth-order valence-corrected chi connectivity index (χ4v) is 1.82. The van der Waals surface area contributed by atoms with Crippen molar-refractivity contribution in [1.82, 2.24) is 4.90 Å². The highest BCUT2D eigenvalue weighted by Gasteiger charge is 2.23. The minimum absolute atomic E-state index is 0.175. The number of carbonyl (C=O) groups is 2. The molecule has 1 aromatic carbocycles. The van der Waals surface area contributed by atoms with Crippen molar-refractivity contribution in [1.29, 1.82) is 0 Å². The molecule has 0 saturated heterocycles. The number of anilines is 1. The summed E-state index contributed by atoms with van der Waals surface area (Å²) >= 11 is 11.7. The van der Waals surface area contributed by atoms with Gasteiger partial charge >= 0.3 is 5.97 Å². The van der Waals surface area contributed by atoms with Gasteiger partial charge in [-0.1, -0.05) is 29.3 Å². The van der Waals surface area contributed by atoms with E-state index in [-0.39, 0.29) is 11.4 Å². The number of hydrogen-bond acceptors (Lipinski definition) is 3. The van der Waals surface area contributed by atoms with Crippen molar-refractivity contribution in [2.75, 3.05) is 19.4 Å². The summed E-state index contributed by atoms with van der Waals surface area (Å²) in [5.74, 6) is -1.50. The summed E-state index contributed by atoms with van der Waals surface area (Å²) in [6.45, 7) is 0. The predicted molar refractivity (Wildman–Crippen MR) is 74.8 cm³/mol. The molecular formula is C12H14Cl2N2O3. The normalized spacial score (nSPS) is 12.3. The monoisotopic (exact) mass is 304 g/mol. The number of carboxylic acid groups (broad SMARTS) is 1. The molecule has 1 aromatic rings. The van der Waals surface area contributed by atoms with Gasteiger partial charge in [0, 0.05) is 0 Å². The van der Waals surface area contributed by atoms with Crippen LogP contribution in [-0.2, 0) is 9.59 Å². The number of likely N-dealkylation sites (N-methyl/N-ethyl adjacent to an activating group) is 1. The summed E-state index contributed by atoms with van der Waals surface area (Å²) in [6, 6.07) is 3.94. The van der Waals surface area contributed by atoms with Crippen LogP contribution in [0, 0.1) is 0 Å². The SMILES string of the molecule is CN(C)C(CC(=O)Nc1cccc(Cl)c1Cl)C(=O)O. The standard InChI is InChI=1S/C12H14Cl2N2O3/c1-16(2)9(12(18)19)6-10(17)15-8-5-3-4-7(13)11(8)14/h3-5,9H,6H2,1-2H3,(H,15,17)(H,18,19). The average molecular weight is 305 g/mol. The zero-order chi connectivity index (χ0) is 14.6. The molecule has 1 rings (SSSR count). The van der Waals surface area contributed by atoms with Crippen LogP contribution in [0.25, 0.3) is 0 Å². The molecule has 7 heteroatoms. The summed E-state index contributed by atoms with van der Waals surface area (Å²) in [7, 11) is 3.19. The first-order valence-corrected chi connectivity index (χ1v) is 6.21. The van der Waals surface area contributed by atoms with E-state index in [0.29, 0.717) is 10.7 Å². The fourth-order valence-electron chi connectivity index (χ4n) is 1.47. The van der Waals surface area contributed by atoms with Crippen molar-refractivity contribution < 1.29 is 14.7 Å². The van der Waals surface area contributed by atoms with Crippen LogP contribution in [0.15, 0.2) is 18.2 Å². The van der Waals surface area contributed by atoms with Crippen molar-refractivity contribution in [2.24, 2.45) is 0 Å². The van der Waals surface area contributed by atoms with Crippen LogP contribution < -0.4 is 5.32 Å². The molecule has 19 heavy (non-hydrogen) atoms. The molecule has 104 valence electrons. The lowest BCUT2D eigenvalue weighted by molar-refractivity contribution is -0.144. The van der Waals surface area contributed by atoms with Crippen LogP contribution in [0.2, 0.25) is 10.0 Å². The first kappa shape index (κ1) is 15.8. The average Bonchev–Trinajstić information content (AvgIpc) is 2.31. The highest BCUT2D eigenvalue weighted by Crippen LogP contribution is 2.29. The molecule has 1 atom stereocenters. The lowest BCUT2D eigenvalue weighted by Crippen LogP contribution is -2.38. The molecule has 0 heterocycles. The van der Waals surface area contributed by atoms with Gasteiger partial charge in [0.25, 0.3) is 0 Å². The van der Waals surface area contributed by atoms with Gasteiger partial charge in [0.2, 0.25) is 5.91 Å². The number of halogens is 2. The molecule has 0 radical (unpaired) electrons. The van der Waals surface area contributed by atoms with Gasteiger partial charge < -0.3 is 10.4 Å². The molecular weight excluding hydrogens is 291 g/mol.